The summed E-state index contributed by atoms with van der Waals surface area (Å²) in [5, 5.41) is 1.38. The van der Waals surface area contributed by atoms with Gasteiger partial charge in [0.15, 0.2) is 0 Å². The number of aldehydes is 1. The number of carbonyl (C=O) groups excluding carboxylic acids is 1. The van der Waals surface area contributed by atoms with Gasteiger partial charge >= 0.3 is 0 Å². The van der Waals surface area contributed by atoms with Crippen molar-refractivity contribution in [2.24, 2.45) is 0 Å². The Morgan fingerprint density at radius 1 is 0.885 bits per heavy atom. The molecular formula is C20H19NO3S2. The molecule has 0 spiro atoms. The van der Waals surface area contributed by atoms with Crippen LogP contribution >= 0.6 is 11.3 Å². The summed E-state index contributed by atoms with van der Waals surface area (Å²) in [6, 6.07) is 17.1. The first-order valence-corrected chi connectivity index (χ1v) is 10.6. The van der Waals surface area contributed by atoms with Gasteiger partial charge in [-0.05, 0) is 42.0 Å². The Kier molecular flexibility index (Phi) is 5.25. The number of nitrogens with one attached hydrogen (secondary N) is 1. The number of hydrogen-bond donors (Lipinski definition) is 1. The molecule has 6 heteroatoms. The van der Waals surface area contributed by atoms with Crippen LogP contribution < -0.4 is 4.72 Å². The second-order valence-corrected chi connectivity index (χ2v) is 9.33. The van der Waals surface area contributed by atoms with Crippen LogP contribution in [0, 0.1) is 0 Å². The molecule has 4 nitrogen and oxygen atoms in total. The van der Waals surface area contributed by atoms with Crippen molar-refractivity contribution in [1.29, 1.82) is 0 Å². The Labute approximate surface area is 157 Å². The highest BCUT2D eigenvalue weighted by Crippen LogP contribution is 2.35. The zero-order valence-corrected chi connectivity index (χ0v) is 16.1. The van der Waals surface area contributed by atoms with Crippen molar-refractivity contribution in [3.63, 3.8) is 0 Å². The minimum Gasteiger partial charge on any atom is -0.298 e. The molecule has 0 aliphatic heterocycles. The Hall–Kier alpha value is -2.44. The van der Waals surface area contributed by atoms with E-state index in [9.17, 15) is 13.2 Å². The third-order valence-corrected chi connectivity index (χ3v) is 6.77. The molecule has 0 saturated carbocycles. The third-order valence-electron chi connectivity index (χ3n) is 4.07. The van der Waals surface area contributed by atoms with E-state index in [1.807, 2.05) is 41.8 Å². The summed E-state index contributed by atoms with van der Waals surface area (Å²) in [6.07, 6.45) is 0.823. The van der Waals surface area contributed by atoms with Gasteiger partial charge in [-0.2, -0.15) is 0 Å². The molecule has 1 aromatic heterocycles. The largest absolute Gasteiger partial charge is 0.298 e. The smallest absolute Gasteiger partial charge is 0.235 e. The van der Waals surface area contributed by atoms with E-state index in [1.54, 1.807) is 32.0 Å². The fourth-order valence-corrected chi connectivity index (χ4v) is 4.09. The first-order valence-electron chi connectivity index (χ1n) is 8.16. The Balaban J connectivity index is 1.88. The normalized spacial score (nSPS) is 11.5. The Morgan fingerprint density at radius 3 is 1.96 bits per heavy atom. The van der Waals surface area contributed by atoms with E-state index in [2.05, 4.69) is 4.72 Å². The molecule has 1 heterocycles. The van der Waals surface area contributed by atoms with E-state index in [0.29, 0.717) is 11.3 Å². The fraction of sp³-hybridized carbons (Fsp3) is 0.150. The molecule has 0 fully saturated rings. The SMILES string of the molecule is CC(C)S(=O)(=O)Nc1ccsc1-c1ccc(-c2ccc(C=O)cc2)cc1. The van der Waals surface area contributed by atoms with Gasteiger partial charge in [0, 0.05) is 5.56 Å². The number of benzene rings is 2. The molecule has 26 heavy (non-hydrogen) atoms. The van der Waals surface area contributed by atoms with Crippen LogP contribution in [-0.4, -0.2) is 20.0 Å². The standard InChI is InChI=1S/C20H19NO3S2/c1-14(2)26(23,24)21-19-11-12-25-20(19)18-9-7-17(8-10-18)16-5-3-15(13-22)4-6-16/h3-14,21H,1-2H3. The first-order chi connectivity index (χ1) is 12.4. The third kappa shape index (κ3) is 3.86. The van der Waals surface area contributed by atoms with Crippen molar-refractivity contribution < 1.29 is 13.2 Å². The van der Waals surface area contributed by atoms with Crippen LogP contribution in [-0.2, 0) is 10.0 Å². The predicted octanol–water partition coefficient (Wildman–Crippen LogP) is 5.04. The first kappa shape index (κ1) is 18.4. The molecule has 0 aliphatic rings. The molecule has 0 bridgehead atoms. The van der Waals surface area contributed by atoms with Crippen molar-refractivity contribution in [1.82, 2.24) is 0 Å². The van der Waals surface area contributed by atoms with Gasteiger partial charge in [-0.15, -0.1) is 11.3 Å². The van der Waals surface area contributed by atoms with Gasteiger partial charge in [0.2, 0.25) is 10.0 Å². The van der Waals surface area contributed by atoms with Crippen molar-refractivity contribution in [3.8, 4) is 21.6 Å². The molecule has 0 atom stereocenters. The van der Waals surface area contributed by atoms with Gasteiger partial charge in [0.05, 0.1) is 15.8 Å². The van der Waals surface area contributed by atoms with Gasteiger partial charge in [-0.25, -0.2) is 8.42 Å². The van der Waals surface area contributed by atoms with Crippen molar-refractivity contribution in [2.45, 2.75) is 19.1 Å². The number of carbonyl (C=O) groups is 1. The van der Waals surface area contributed by atoms with Crippen molar-refractivity contribution in [3.05, 3.63) is 65.5 Å². The zero-order valence-electron chi connectivity index (χ0n) is 14.5. The highest BCUT2D eigenvalue weighted by molar-refractivity contribution is 7.93. The number of anilines is 1. The maximum Gasteiger partial charge on any atom is 0.235 e. The van der Waals surface area contributed by atoms with Crippen LogP contribution in [0.5, 0.6) is 0 Å². The Morgan fingerprint density at radius 2 is 1.42 bits per heavy atom. The van der Waals surface area contributed by atoms with E-state index in [0.717, 1.165) is 27.9 Å². The fourth-order valence-electron chi connectivity index (χ4n) is 2.45. The molecule has 0 amide bonds. The number of thiophene rings is 1. The molecule has 1 N–H and O–H groups in total. The van der Waals surface area contributed by atoms with Crippen LogP contribution in [0.15, 0.2) is 60.0 Å². The quantitative estimate of drug-likeness (QED) is 0.604. The molecule has 0 radical (unpaired) electrons. The summed E-state index contributed by atoms with van der Waals surface area (Å²) in [7, 11) is -3.38. The molecule has 0 saturated heterocycles. The van der Waals surface area contributed by atoms with Gasteiger partial charge < -0.3 is 0 Å². The van der Waals surface area contributed by atoms with Crippen LogP contribution in [0.1, 0.15) is 24.2 Å². The summed E-state index contributed by atoms with van der Waals surface area (Å²) in [6.45, 7) is 3.30. The van der Waals surface area contributed by atoms with Crippen molar-refractivity contribution >= 4 is 33.3 Å². The topological polar surface area (TPSA) is 63.2 Å². The molecule has 0 aliphatic carbocycles. The molecule has 3 aromatic rings. The van der Waals surface area contributed by atoms with E-state index in [1.165, 1.54) is 11.3 Å². The number of hydrogen-bond acceptors (Lipinski definition) is 4. The average molecular weight is 386 g/mol. The summed E-state index contributed by atoms with van der Waals surface area (Å²) in [5.41, 5.74) is 4.26. The average Bonchev–Trinajstić information content (AvgIpc) is 3.09. The molecule has 0 unspecified atom stereocenters. The molecule has 3 rings (SSSR count). The number of sulfonamides is 1. The van der Waals surface area contributed by atoms with Crippen LogP contribution in [0.25, 0.3) is 21.6 Å². The Bertz CT molecular complexity index is 1000. The van der Waals surface area contributed by atoms with E-state index >= 15 is 0 Å². The monoisotopic (exact) mass is 385 g/mol. The number of rotatable bonds is 6. The van der Waals surface area contributed by atoms with E-state index < -0.39 is 15.3 Å². The lowest BCUT2D eigenvalue weighted by Crippen LogP contribution is -2.22. The van der Waals surface area contributed by atoms with E-state index in [-0.39, 0.29) is 0 Å². The second-order valence-electron chi connectivity index (χ2n) is 6.18. The minimum absolute atomic E-state index is 0.494. The lowest BCUT2D eigenvalue weighted by atomic mass is 10.0. The highest BCUT2D eigenvalue weighted by Gasteiger charge is 2.18. The summed E-state index contributed by atoms with van der Waals surface area (Å²) < 4.78 is 27.0. The predicted molar refractivity (Wildman–Crippen MR) is 108 cm³/mol. The zero-order chi connectivity index (χ0) is 18.7. The highest BCUT2D eigenvalue weighted by atomic mass is 32.2. The van der Waals surface area contributed by atoms with Gasteiger partial charge in [0.25, 0.3) is 0 Å². The van der Waals surface area contributed by atoms with Gasteiger partial charge in [-0.1, -0.05) is 48.5 Å². The van der Waals surface area contributed by atoms with Crippen LogP contribution in [0.2, 0.25) is 0 Å². The maximum atomic E-state index is 12.1. The summed E-state index contributed by atoms with van der Waals surface area (Å²) in [5.74, 6) is 0. The maximum absolute atomic E-state index is 12.1. The second kappa shape index (κ2) is 7.43. The van der Waals surface area contributed by atoms with Crippen molar-refractivity contribution in [2.75, 3.05) is 4.72 Å². The van der Waals surface area contributed by atoms with Gasteiger partial charge in [-0.3, -0.25) is 9.52 Å². The molecular weight excluding hydrogens is 366 g/mol. The molecule has 2 aromatic carbocycles. The lowest BCUT2D eigenvalue weighted by molar-refractivity contribution is 0.112. The summed E-state index contributed by atoms with van der Waals surface area (Å²) >= 11 is 1.50. The molecule has 134 valence electrons. The minimum atomic E-state index is -3.38. The van der Waals surface area contributed by atoms with Crippen LogP contribution in [0.4, 0.5) is 5.69 Å². The van der Waals surface area contributed by atoms with E-state index in [4.69, 9.17) is 0 Å². The summed E-state index contributed by atoms with van der Waals surface area (Å²) in [4.78, 5) is 11.6. The lowest BCUT2D eigenvalue weighted by Gasteiger charge is -2.12. The van der Waals surface area contributed by atoms with Crippen LogP contribution in [0.3, 0.4) is 0 Å². The van der Waals surface area contributed by atoms with Gasteiger partial charge in [0.1, 0.15) is 6.29 Å².